The minimum absolute atomic E-state index is 0.171. The van der Waals surface area contributed by atoms with Crippen molar-refractivity contribution in [3.63, 3.8) is 0 Å². The van der Waals surface area contributed by atoms with E-state index < -0.39 is 0 Å². The molecule has 2 amide bonds. The zero-order valence-corrected chi connectivity index (χ0v) is 16.6. The maximum Gasteiger partial charge on any atom is 0.265 e. The van der Waals surface area contributed by atoms with Crippen LogP contribution < -0.4 is 10.6 Å². The van der Waals surface area contributed by atoms with Crippen LogP contribution >= 0.6 is 11.5 Å². The van der Waals surface area contributed by atoms with Crippen LogP contribution in [0.3, 0.4) is 0 Å². The van der Waals surface area contributed by atoms with Crippen LogP contribution in [-0.2, 0) is 11.2 Å². The largest absolute Gasteiger partial charge is 0.351 e. The van der Waals surface area contributed by atoms with Crippen molar-refractivity contribution in [3.05, 3.63) is 65.2 Å². The van der Waals surface area contributed by atoms with Crippen LogP contribution in [0.4, 0.5) is 5.69 Å². The molecule has 0 aliphatic heterocycles. The van der Waals surface area contributed by atoms with E-state index in [9.17, 15) is 9.59 Å². The summed E-state index contributed by atoms with van der Waals surface area (Å²) in [6.45, 7) is 4.10. The molecule has 7 heteroatoms. The number of carbonyl (C=O) groups excluding carboxylic acids is 2. The molecule has 3 aromatic rings. The molecule has 2 N–H and O–H groups in total. The van der Waals surface area contributed by atoms with Gasteiger partial charge in [-0.3, -0.25) is 14.6 Å². The molecule has 144 valence electrons. The van der Waals surface area contributed by atoms with E-state index in [0.29, 0.717) is 28.5 Å². The summed E-state index contributed by atoms with van der Waals surface area (Å²) in [5.41, 5.74) is 2.68. The highest BCUT2D eigenvalue weighted by atomic mass is 32.1. The molecule has 0 unspecified atom stereocenters. The van der Waals surface area contributed by atoms with Gasteiger partial charge in [0.2, 0.25) is 5.91 Å². The summed E-state index contributed by atoms with van der Waals surface area (Å²) in [6, 6.07) is 15.4. The Balaban J connectivity index is 1.80. The number of nitrogens with zero attached hydrogens (tertiary/aromatic N) is 2. The van der Waals surface area contributed by atoms with E-state index in [2.05, 4.69) is 20.0 Å². The van der Waals surface area contributed by atoms with Gasteiger partial charge < -0.3 is 10.6 Å². The van der Waals surface area contributed by atoms with Gasteiger partial charge in [-0.1, -0.05) is 50.2 Å². The standard InChI is InChI=1S/C21H22N4O2S/c1-14(2)20(26)24-18-17(16-10-6-7-12-22-16)25-28-19(18)21(27)23-13-11-15-8-4-3-5-9-15/h3-10,12,14H,11,13H2,1-2H3,(H,23,27)(H,24,26). The predicted octanol–water partition coefficient (Wildman–Crippen LogP) is 3.77. The maximum absolute atomic E-state index is 12.7. The molecule has 6 nitrogen and oxygen atoms in total. The molecule has 0 saturated carbocycles. The van der Waals surface area contributed by atoms with Crippen molar-refractivity contribution >= 4 is 29.0 Å². The Bertz CT molecular complexity index is 940. The third-order valence-corrected chi connectivity index (χ3v) is 4.97. The van der Waals surface area contributed by atoms with Gasteiger partial charge in [0.25, 0.3) is 5.91 Å². The van der Waals surface area contributed by atoms with Gasteiger partial charge in [0, 0.05) is 18.7 Å². The molecule has 0 atom stereocenters. The first kappa shape index (κ1) is 19.7. The van der Waals surface area contributed by atoms with Crippen molar-refractivity contribution < 1.29 is 9.59 Å². The number of anilines is 1. The van der Waals surface area contributed by atoms with Gasteiger partial charge in [0.1, 0.15) is 10.6 Å². The molecule has 2 aromatic heterocycles. The molecular formula is C21H22N4O2S. The summed E-state index contributed by atoms with van der Waals surface area (Å²) in [6.07, 6.45) is 2.38. The van der Waals surface area contributed by atoms with Crippen molar-refractivity contribution in [3.8, 4) is 11.4 Å². The molecule has 0 bridgehead atoms. The van der Waals surface area contributed by atoms with Crippen LogP contribution in [0.5, 0.6) is 0 Å². The molecule has 1 aromatic carbocycles. The topological polar surface area (TPSA) is 84.0 Å². The number of aromatic nitrogens is 2. The smallest absolute Gasteiger partial charge is 0.265 e. The number of amides is 2. The summed E-state index contributed by atoms with van der Waals surface area (Å²) in [5.74, 6) is -0.643. The summed E-state index contributed by atoms with van der Waals surface area (Å²) >= 11 is 1.06. The Labute approximate surface area is 168 Å². The Morgan fingerprint density at radius 3 is 2.50 bits per heavy atom. The number of pyridine rings is 1. The van der Waals surface area contributed by atoms with E-state index in [4.69, 9.17) is 0 Å². The fourth-order valence-corrected chi connectivity index (χ4v) is 3.31. The Morgan fingerprint density at radius 1 is 1.07 bits per heavy atom. The van der Waals surface area contributed by atoms with Crippen molar-refractivity contribution in [1.82, 2.24) is 14.7 Å². The van der Waals surface area contributed by atoms with Crippen molar-refractivity contribution in [2.24, 2.45) is 5.92 Å². The highest BCUT2D eigenvalue weighted by Gasteiger charge is 2.23. The van der Waals surface area contributed by atoms with Crippen molar-refractivity contribution in [2.45, 2.75) is 20.3 Å². The molecule has 28 heavy (non-hydrogen) atoms. The minimum atomic E-state index is -0.255. The number of hydrogen-bond acceptors (Lipinski definition) is 5. The molecule has 3 rings (SSSR count). The van der Waals surface area contributed by atoms with Crippen LogP contribution in [0.2, 0.25) is 0 Å². The molecular weight excluding hydrogens is 372 g/mol. The first-order valence-electron chi connectivity index (χ1n) is 9.10. The van der Waals surface area contributed by atoms with Gasteiger partial charge in [-0.15, -0.1) is 0 Å². The average molecular weight is 395 g/mol. The van der Waals surface area contributed by atoms with E-state index in [0.717, 1.165) is 23.5 Å². The van der Waals surface area contributed by atoms with E-state index in [1.807, 2.05) is 36.4 Å². The third kappa shape index (κ3) is 4.80. The average Bonchev–Trinajstić information content (AvgIpc) is 3.13. The zero-order chi connectivity index (χ0) is 19.9. The predicted molar refractivity (Wildman–Crippen MR) is 111 cm³/mol. The molecule has 2 heterocycles. The Hall–Kier alpha value is -3.06. The van der Waals surface area contributed by atoms with Crippen LogP contribution in [0, 0.1) is 5.92 Å². The fraction of sp³-hybridized carbons (Fsp3) is 0.238. The molecule has 0 saturated heterocycles. The number of hydrogen-bond donors (Lipinski definition) is 2. The summed E-state index contributed by atoms with van der Waals surface area (Å²) in [7, 11) is 0. The first-order valence-corrected chi connectivity index (χ1v) is 9.87. The summed E-state index contributed by atoms with van der Waals surface area (Å²) in [4.78, 5) is 29.7. The van der Waals surface area contributed by atoms with Crippen molar-refractivity contribution in [2.75, 3.05) is 11.9 Å². The lowest BCUT2D eigenvalue weighted by atomic mass is 10.1. The molecule has 0 aliphatic rings. The second kappa shape index (κ2) is 9.23. The minimum Gasteiger partial charge on any atom is -0.351 e. The number of rotatable bonds is 7. The van der Waals surface area contributed by atoms with Gasteiger partial charge >= 0.3 is 0 Å². The highest BCUT2D eigenvalue weighted by molar-refractivity contribution is 7.09. The van der Waals surface area contributed by atoms with Gasteiger partial charge in [0.05, 0.1) is 11.4 Å². The van der Waals surface area contributed by atoms with Crippen LogP contribution in [0.1, 0.15) is 29.1 Å². The Kier molecular flexibility index (Phi) is 6.49. The second-order valence-electron chi connectivity index (χ2n) is 6.59. The normalized spacial score (nSPS) is 10.7. The first-order chi connectivity index (χ1) is 13.6. The highest BCUT2D eigenvalue weighted by Crippen LogP contribution is 2.32. The third-order valence-electron chi connectivity index (χ3n) is 4.12. The van der Waals surface area contributed by atoms with Gasteiger partial charge in [-0.05, 0) is 35.6 Å². The number of benzene rings is 1. The lowest BCUT2D eigenvalue weighted by molar-refractivity contribution is -0.118. The van der Waals surface area contributed by atoms with E-state index in [1.54, 1.807) is 32.2 Å². The van der Waals surface area contributed by atoms with Gasteiger partial charge in [0.15, 0.2) is 0 Å². The molecule has 0 radical (unpaired) electrons. The zero-order valence-electron chi connectivity index (χ0n) is 15.8. The monoisotopic (exact) mass is 394 g/mol. The Morgan fingerprint density at radius 2 is 1.82 bits per heavy atom. The molecule has 0 spiro atoms. The van der Waals surface area contributed by atoms with Crippen LogP contribution in [0.25, 0.3) is 11.4 Å². The number of nitrogens with one attached hydrogen (secondary N) is 2. The molecule has 0 aliphatic carbocycles. The lowest BCUT2D eigenvalue weighted by Crippen LogP contribution is -2.27. The van der Waals surface area contributed by atoms with Crippen molar-refractivity contribution in [1.29, 1.82) is 0 Å². The van der Waals surface area contributed by atoms with E-state index >= 15 is 0 Å². The van der Waals surface area contributed by atoms with Crippen LogP contribution in [0.15, 0.2) is 54.7 Å². The number of carbonyl (C=O) groups is 2. The van der Waals surface area contributed by atoms with Crippen LogP contribution in [-0.4, -0.2) is 27.7 Å². The van der Waals surface area contributed by atoms with E-state index in [1.165, 1.54) is 0 Å². The quantitative estimate of drug-likeness (QED) is 0.639. The van der Waals surface area contributed by atoms with Gasteiger partial charge in [-0.25, -0.2) is 0 Å². The lowest BCUT2D eigenvalue weighted by Gasteiger charge is -2.10. The summed E-state index contributed by atoms with van der Waals surface area (Å²) < 4.78 is 4.39. The molecule has 0 fully saturated rings. The van der Waals surface area contributed by atoms with Gasteiger partial charge in [-0.2, -0.15) is 4.37 Å². The summed E-state index contributed by atoms with van der Waals surface area (Å²) in [5, 5.41) is 5.77. The fourth-order valence-electron chi connectivity index (χ4n) is 2.55. The second-order valence-corrected chi connectivity index (χ2v) is 7.36. The van der Waals surface area contributed by atoms with E-state index in [-0.39, 0.29) is 17.7 Å². The SMILES string of the molecule is CC(C)C(=O)Nc1c(-c2ccccn2)nsc1C(=O)NCCc1ccccc1. The maximum atomic E-state index is 12.7.